The van der Waals surface area contributed by atoms with Crippen LogP contribution in [-0.4, -0.2) is 51.7 Å². The number of carbonyl (C=O) groups is 3. The molecule has 2 aromatic rings. The summed E-state index contributed by atoms with van der Waals surface area (Å²) in [7, 11) is 0. The SMILES string of the molecule is CCOc1cc(Br)cc(/C=C2\SC(=O)N(CC(=O)N3CCc4ccccc4C3)C2=O)c1O. The first-order valence-corrected chi connectivity index (χ1v) is 11.7. The number of rotatable bonds is 5. The standard InChI is InChI=1S/C23H21BrN2O5S/c1-2-31-18-11-17(24)9-16(21(18)28)10-19-22(29)26(23(30)32-19)13-20(27)25-8-7-14-5-3-4-6-15(14)12-25/h3-6,9-11,28H,2,7-8,12-13H2,1H3/b19-10-. The Balaban J connectivity index is 1.50. The van der Waals surface area contributed by atoms with E-state index in [0.717, 1.165) is 28.6 Å². The van der Waals surface area contributed by atoms with E-state index in [1.54, 1.807) is 24.0 Å². The molecule has 0 atom stereocenters. The number of amides is 3. The lowest BCUT2D eigenvalue weighted by Crippen LogP contribution is -2.44. The summed E-state index contributed by atoms with van der Waals surface area (Å²) in [5.41, 5.74) is 2.63. The van der Waals surface area contributed by atoms with E-state index >= 15 is 0 Å². The number of aromatic hydroxyl groups is 1. The van der Waals surface area contributed by atoms with Crippen LogP contribution < -0.4 is 4.74 Å². The Morgan fingerprint density at radius 1 is 1.25 bits per heavy atom. The predicted molar refractivity (Wildman–Crippen MR) is 125 cm³/mol. The van der Waals surface area contributed by atoms with Crippen molar-refractivity contribution in [2.75, 3.05) is 19.7 Å². The van der Waals surface area contributed by atoms with Crippen molar-refractivity contribution in [1.82, 2.24) is 9.80 Å². The van der Waals surface area contributed by atoms with Crippen LogP contribution in [0, 0.1) is 0 Å². The number of thioether (sulfide) groups is 1. The molecule has 1 saturated heterocycles. The molecule has 0 unspecified atom stereocenters. The van der Waals surface area contributed by atoms with Crippen molar-refractivity contribution in [2.24, 2.45) is 0 Å². The van der Waals surface area contributed by atoms with Gasteiger partial charge in [-0.3, -0.25) is 19.3 Å². The maximum atomic E-state index is 12.9. The molecule has 3 amide bonds. The van der Waals surface area contributed by atoms with Crippen LogP contribution in [0.25, 0.3) is 6.08 Å². The number of ether oxygens (including phenoxy) is 1. The van der Waals surface area contributed by atoms with Crippen LogP contribution in [0.15, 0.2) is 45.8 Å². The Kier molecular flexibility index (Phi) is 6.57. The molecular formula is C23H21BrN2O5S. The predicted octanol–water partition coefficient (Wildman–Crippen LogP) is 4.17. The summed E-state index contributed by atoms with van der Waals surface area (Å²) in [6.07, 6.45) is 2.18. The van der Waals surface area contributed by atoms with E-state index < -0.39 is 11.1 Å². The van der Waals surface area contributed by atoms with E-state index in [-0.39, 0.29) is 28.9 Å². The monoisotopic (exact) mass is 516 g/mol. The average Bonchev–Trinajstić information content (AvgIpc) is 3.04. The number of benzene rings is 2. The van der Waals surface area contributed by atoms with Crippen molar-refractivity contribution in [3.8, 4) is 11.5 Å². The minimum atomic E-state index is -0.553. The van der Waals surface area contributed by atoms with Gasteiger partial charge in [0.2, 0.25) is 5.91 Å². The Morgan fingerprint density at radius 3 is 2.75 bits per heavy atom. The van der Waals surface area contributed by atoms with Crippen molar-refractivity contribution >= 4 is 50.8 Å². The van der Waals surface area contributed by atoms with Gasteiger partial charge in [0.1, 0.15) is 6.54 Å². The molecule has 0 bridgehead atoms. The summed E-state index contributed by atoms with van der Waals surface area (Å²) >= 11 is 4.10. The highest BCUT2D eigenvalue weighted by Crippen LogP contribution is 2.38. The number of carbonyl (C=O) groups excluding carboxylic acids is 3. The molecule has 1 N–H and O–H groups in total. The van der Waals surface area contributed by atoms with Crippen LogP contribution >= 0.6 is 27.7 Å². The zero-order valence-electron chi connectivity index (χ0n) is 17.3. The van der Waals surface area contributed by atoms with Crippen LogP contribution in [0.2, 0.25) is 0 Å². The lowest BCUT2D eigenvalue weighted by atomic mass is 10.00. The second-order valence-electron chi connectivity index (χ2n) is 7.38. The van der Waals surface area contributed by atoms with Crippen LogP contribution in [-0.2, 0) is 22.6 Å². The first kappa shape index (κ1) is 22.4. The molecule has 2 aliphatic rings. The zero-order chi connectivity index (χ0) is 22.8. The van der Waals surface area contributed by atoms with Crippen molar-refractivity contribution in [3.05, 3.63) is 62.5 Å². The fraction of sp³-hybridized carbons (Fsp3) is 0.261. The van der Waals surface area contributed by atoms with Gasteiger partial charge >= 0.3 is 0 Å². The Morgan fingerprint density at radius 2 is 2.00 bits per heavy atom. The summed E-state index contributed by atoms with van der Waals surface area (Å²) in [4.78, 5) is 40.9. The average molecular weight is 517 g/mol. The third-order valence-electron chi connectivity index (χ3n) is 5.31. The molecule has 0 radical (unpaired) electrons. The van der Waals surface area contributed by atoms with E-state index in [9.17, 15) is 19.5 Å². The highest BCUT2D eigenvalue weighted by atomic mass is 79.9. The number of nitrogens with zero attached hydrogens (tertiary/aromatic N) is 2. The number of hydrogen-bond donors (Lipinski definition) is 1. The second-order valence-corrected chi connectivity index (χ2v) is 9.29. The molecule has 2 aromatic carbocycles. The van der Waals surface area contributed by atoms with E-state index in [0.29, 0.717) is 29.7 Å². The van der Waals surface area contributed by atoms with Gasteiger partial charge in [0.15, 0.2) is 11.5 Å². The van der Waals surface area contributed by atoms with Gasteiger partial charge in [-0.15, -0.1) is 0 Å². The molecule has 32 heavy (non-hydrogen) atoms. The lowest BCUT2D eigenvalue weighted by molar-refractivity contribution is -0.136. The smallest absolute Gasteiger partial charge is 0.294 e. The third kappa shape index (κ3) is 4.54. The van der Waals surface area contributed by atoms with Crippen molar-refractivity contribution in [1.29, 1.82) is 0 Å². The molecule has 2 heterocycles. The zero-order valence-corrected chi connectivity index (χ0v) is 19.7. The number of fused-ring (bicyclic) bond motifs is 1. The minimum Gasteiger partial charge on any atom is -0.504 e. The van der Waals surface area contributed by atoms with Gasteiger partial charge in [0.25, 0.3) is 11.1 Å². The highest BCUT2D eigenvalue weighted by molar-refractivity contribution is 9.10. The molecule has 1 fully saturated rings. The Hall–Kier alpha value is -2.78. The Labute approximate surface area is 198 Å². The van der Waals surface area contributed by atoms with Gasteiger partial charge in [-0.2, -0.15) is 0 Å². The minimum absolute atomic E-state index is 0.120. The topological polar surface area (TPSA) is 87.2 Å². The quantitative estimate of drug-likeness (QED) is 0.600. The summed E-state index contributed by atoms with van der Waals surface area (Å²) in [6.45, 7) is 2.87. The van der Waals surface area contributed by atoms with Crippen molar-refractivity contribution in [2.45, 2.75) is 19.9 Å². The first-order valence-electron chi connectivity index (χ1n) is 10.1. The van der Waals surface area contributed by atoms with E-state index in [2.05, 4.69) is 15.9 Å². The van der Waals surface area contributed by atoms with Gasteiger partial charge in [-0.1, -0.05) is 40.2 Å². The maximum Gasteiger partial charge on any atom is 0.294 e. The summed E-state index contributed by atoms with van der Waals surface area (Å²) < 4.78 is 6.07. The molecule has 0 aliphatic carbocycles. The van der Waals surface area contributed by atoms with Crippen LogP contribution in [0.3, 0.4) is 0 Å². The fourth-order valence-corrected chi connectivity index (χ4v) is 4.98. The van der Waals surface area contributed by atoms with Gasteiger partial charge in [0, 0.05) is 23.1 Å². The molecule has 166 valence electrons. The number of imide groups is 1. The van der Waals surface area contributed by atoms with Gasteiger partial charge < -0.3 is 14.7 Å². The third-order valence-corrected chi connectivity index (χ3v) is 6.67. The van der Waals surface area contributed by atoms with Gasteiger partial charge in [-0.25, -0.2) is 0 Å². The molecule has 4 rings (SSSR count). The van der Waals surface area contributed by atoms with Crippen LogP contribution in [0.1, 0.15) is 23.6 Å². The maximum absolute atomic E-state index is 12.9. The largest absolute Gasteiger partial charge is 0.504 e. The van der Waals surface area contributed by atoms with Crippen molar-refractivity contribution < 1.29 is 24.2 Å². The molecule has 2 aliphatic heterocycles. The number of hydrogen-bond acceptors (Lipinski definition) is 6. The van der Waals surface area contributed by atoms with E-state index in [4.69, 9.17) is 4.74 Å². The number of halogens is 1. The molecular weight excluding hydrogens is 496 g/mol. The van der Waals surface area contributed by atoms with Gasteiger partial charge in [0.05, 0.1) is 11.5 Å². The van der Waals surface area contributed by atoms with Crippen molar-refractivity contribution in [3.63, 3.8) is 0 Å². The summed E-state index contributed by atoms with van der Waals surface area (Å²) in [5.74, 6) is -0.673. The second kappa shape index (κ2) is 9.38. The van der Waals surface area contributed by atoms with E-state index in [1.165, 1.54) is 11.6 Å². The molecule has 0 spiro atoms. The lowest BCUT2D eigenvalue weighted by Gasteiger charge is -2.29. The Bertz CT molecular complexity index is 1130. The normalized spacial score (nSPS) is 17.1. The first-order chi connectivity index (χ1) is 15.4. The molecule has 7 nitrogen and oxygen atoms in total. The number of phenolic OH excluding ortho intramolecular Hbond substituents is 1. The summed E-state index contributed by atoms with van der Waals surface area (Å²) in [6, 6.07) is 11.2. The van der Waals surface area contributed by atoms with Gasteiger partial charge in [-0.05, 0) is 54.4 Å². The summed E-state index contributed by atoms with van der Waals surface area (Å²) in [5, 5.41) is 9.94. The van der Waals surface area contributed by atoms with E-state index in [1.807, 2.05) is 24.3 Å². The van der Waals surface area contributed by atoms with Crippen LogP contribution in [0.4, 0.5) is 4.79 Å². The highest BCUT2D eigenvalue weighted by Gasteiger charge is 2.37. The number of phenols is 1. The van der Waals surface area contributed by atoms with Crippen LogP contribution in [0.5, 0.6) is 11.5 Å². The molecule has 0 saturated carbocycles. The molecule has 9 heteroatoms. The molecule has 0 aromatic heterocycles. The fourth-order valence-electron chi connectivity index (χ4n) is 3.69.